The van der Waals surface area contributed by atoms with Gasteiger partial charge in [0.25, 0.3) is 0 Å². The van der Waals surface area contributed by atoms with Gasteiger partial charge in [0.15, 0.2) is 5.84 Å². The van der Waals surface area contributed by atoms with Crippen molar-refractivity contribution in [1.82, 2.24) is 4.98 Å². The molecule has 3 N–H and O–H groups in total. The highest BCUT2D eigenvalue weighted by atomic mass is 16.4. The molecular formula is C13H20N4O. The number of pyridine rings is 1. The molecule has 1 aliphatic rings. The van der Waals surface area contributed by atoms with Crippen LogP contribution in [-0.4, -0.2) is 29.1 Å². The second-order valence-electron chi connectivity index (χ2n) is 5.54. The highest BCUT2D eigenvalue weighted by Gasteiger charge is 2.26. The molecule has 0 bridgehead atoms. The van der Waals surface area contributed by atoms with Crippen molar-refractivity contribution in [3.8, 4) is 0 Å². The molecule has 0 aromatic carbocycles. The molecule has 1 aromatic heterocycles. The molecule has 2 rings (SSSR count). The number of nitrogens with two attached hydrogens (primary N) is 1. The van der Waals surface area contributed by atoms with Gasteiger partial charge in [-0.05, 0) is 30.4 Å². The number of nitrogens with zero attached hydrogens (tertiary/aromatic N) is 3. The SMILES string of the molecule is CC1(C)CCN(c2cc(C(N)=NO)ccn2)CC1. The number of oxime groups is 1. The monoisotopic (exact) mass is 248 g/mol. The van der Waals surface area contributed by atoms with Gasteiger partial charge in [-0.1, -0.05) is 19.0 Å². The summed E-state index contributed by atoms with van der Waals surface area (Å²) in [4.78, 5) is 6.61. The average molecular weight is 248 g/mol. The number of anilines is 1. The predicted molar refractivity (Wildman–Crippen MR) is 72.0 cm³/mol. The Bertz CT molecular complexity index is 446. The van der Waals surface area contributed by atoms with Crippen molar-refractivity contribution in [2.24, 2.45) is 16.3 Å². The summed E-state index contributed by atoms with van der Waals surface area (Å²) in [6.45, 7) is 6.59. The molecule has 1 aromatic rings. The molecule has 98 valence electrons. The van der Waals surface area contributed by atoms with Crippen LogP contribution in [0.3, 0.4) is 0 Å². The van der Waals surface area contributed by atoms with Crippen molar-refractivity contribution < 1.29 is 5.21 Å². The van der Waals surface area contributed by atoms with E-state index < -0.39 is 0 Å². The Hall–Kier alpha value is -1.78. The van der Waals surface area contributed by atoms with Gasteiger partial charge in [-0.2, -0.15) is 0 Å². The lowest BCUT2D eigenvalue weighted by Gasteiger charge is -2.37. The van der Waals surface area contributed by atoms with Crippen LogP contribution in [0.5, 0.6) is 0 Å². The number of piperidine rings is 1. The summed E-state index contributed by atoms with van der Waals surface area (Å²) in [5.41, 5.74) is 6.71. The second-order valence-corrected chi connectivity index (χ2v) is 5.54. The number of amidine groups is 1. The Morgan fingerprint density at radius 2 is 2.11 bits per heavy atom. The Labute approximate surface area is 107 Å². The maximum Gasteiger partial charge on any atom is 0.170 e. The van der Waals surface area contributed by atoms with E-state index in [1.807, 2.05) is 6.07 Å². The zero-order valence-electron chi connectivity index (χ0n) is 10.9. The first-order valence-corrected chi connectivity index (χ1v) is 6.21. The standard InChI is InChI=1S/C13H20N4O/c1-13(2)4-7-17(8-5-13)11-9-10(3-6-15-11)12(14)16-18/h3,6,9,18H,4-5,7-8H2,1-2H3,(H2,14,16). The largest absolute Gasteiger partial charge is 0.409 e. The van der Waals surface area contributed by atoms with Crippen LogP contribution in [0, 0.1) is 5.41 Å². The van der Waals surface area contributed by atoms with Crippen LogP contribution < -0.4 is 10.6 Å². The molecule has 1 aliphatic heterocycles. The van der Waals surface area contributed by atoms with Crippen molar-refractivity contribution in [2.45, 2.75) is 26.7 Å². The minimum atomic E-state index is 0.121. The minimum absolute atomic E-state index is 0.121. The first kappa shape index (κ1) is 12.7. The molecule has 2 heterocycles. The molecule has 1 saturated heterocycles. The highest BCUT2D eigenvalue weighted by Crippen LogP contribution is 2.31. The summed E-state index contributed by atoms with van der Waals surface area (Å²) < 4.78 is 0. The van der Waals surface area contributed by atoms with Crippen molar-refractivity contribution in [3.63, 3.8) is 0 Å². The van der Waals surface area contributed by atoms with Gasteiger partial charge in [0.05, 0.1) is 0 Å². The maximum atomic E-state index is 8.69. The Kier molecular flexibility index (Phi) is 3.41. The lowest BCUT2D eigenvalue weighted by Crippen LogP contribution is -2.37. The molecule has 0 radical (unpaired) electrons. The normalized spacial score (nSPS) is 19.9. The van der Waals surface area contributed by atoms with Crippen molar-refractivity contribution >= 4 is 11.7 Å². The van der Waals surface area contributed by atoms with E-state index in [2.05, 4.69) is 28.9 Å². The van der Waals surface area contributed by atoms with Crippen molar-refractivity contribution in [2.75, 3.05) is 18.0 Å². The number of rotatable bonds is 2. The topological polar surface area (TPSA) is 74.7 Å². The summed E-state index contributed by atoms with van der Waals surface area (Å²) in [6.07, 6.45) is 4.01. The van der Waals surface area contributed by atoms with Crippen LogP contribution >= 0.6 is 0 Å². The van der Waals surface area contributed by atoms with Crippen LogP contribution in [0.1, 0.15) is 32.3 Å². The summed E-state index contributed by atoms with van der Waals surface area (Å²) in [5, 5.41) is 11.7. The number of aromatic nitrogens is 1. The first-order valence-electron chi connectivity index (χ1n) is 6.21. The molecule has 0 unspecified atom stereocenters. The summed E-state index contributed by atoms with van der Waals surface area (Å²) in [6, 6.07) is 3.61. The third-order valence-electron chi connectivity index (χ3n) is 3.59. The molecular weight excluding hydrogens is 228 g/mol. The lowest BCUT2D eigenvalue weighted by atomic mass is 9.83. The Morgan fingerprint density at radius 3 is 2.72 bits per heavy atom. The summed E-state index contributed by atoms with van der Waals surface area (Å²) >= 11 is 0. The maximum absolute atomic E-state index is 8.69. The molecule has 5 heteroatoms. The van der Waals surface area contributed by atoms with E-state index in [0.29, 0.717) is 11.0 Å². The molecule has 0 saturated carbocycles. The molecule has 18 heavy (non-hydrogen) atoms. The molecule has 0 aliphatic carbocycles. The van der Waals surface area contributed by atoms with Gasteiger partial charge >= 0.3 is 0 Å². The van der Waals surface area contributed by atoms with Gasteiger partial charge in [0.1, 0.15) is 5.82 Å². The minimum Gasteiger partial charge on any atom is -0.409 e. The van der Waals surface area contributed by atoms with E-state index in [-0.39, 0.29) is 5.84 Å². The van der Waals surface area contributed by atoms with Gasteiger partial charge in [0, 0.05) is 24.8 Å². The zero-order valence-corrected chi connectivity index (χ0v) is 10.9. The molecule has 0 amide bonds. The van der Waals surface area contributed by atoms with Gasteiger partial charge < -0.3 is 15.8 Å². The quantitative estimate of drug-likeness (QED) is 0.362. The van der Waals surface area contributed by atoms with Crippen molar-refractivity contribution in [3.05, 3.63) is 23.9 Å². The predicted octanol–water partition coefficient (Wildman–Crippen LogP) is 1.80. The van der Waals surface area contributed by atoms with Crippen molar-refractivity contribution in [1.29, 1.82) is 0 Å². The van der Waals surface area contributed by atoms with Crippen LogP contribution in [0.4, 0.5) is 5.82 Å². The fourth-order valence-corrected chi connectivity index (χ4v) is 2.15. The average Bonchev–Trinajstić information content (AvgIpc) is 2.38. The van der Waals surface area contributed by atoms with E-state index in [0.717, 1.165) is 31.7 Å². The van der Waals surface area contributed by atoms with E-state index in [1.54, 1.807) is 12.3 Å². The van der Waals surface area contributed by atoms with E-state index >= 15 is 0 Å². The fraction of sp³-hybridized carbons (Fsp3) is 0.538. The third-order valence-corrected chi connectivity index (χ3v) is 3.59. The summed E-state index contributed by atoms with van der Waals surface area (Å²) in [5.74, 6) is 1.02. The van der Waals surface area contributed by atoms with Gasteiger partial charge in [-0.3, -0.25) is 0 Å². The lowest BCUT2D eigenvalue weighted by molar-refractivity contribution is 0.279. The summed E-state index contributed by atoms with van der Waals surface area (Å²) in [7, 11) is 0. The number of hydrogen-bond donors (Lipinski definition) is 2. The molecule has 5 nitrogen and oxygen atoms in total. The van der Waals surface area contributed by atoms with Gasteiger partial charge in [-0.15, -0.1) is 0 Å². The van der Waals surface area contributed by atoms with Crippen LogP contribution in [0.15, 0.2) is 23.5 Å². The van der Waals surface area contributed by atoms with Crippen LogP contribution in [0.25, 0.3) is 0 Å². The van der Waals surface area contributed by atoms with Crippen LogP contribution in [-0.2, 0) is 0 Å². The van der Waals surface area contributed by atoms with E-state index in [1.165, 1.54) is 0 Å². The zero-order chi connectivity index (χ0) is 13.2. The molecule has 0 spiro atoms. The van der Waals surface area contributed by atoms with Crippen LogP contribution in [0.2, 0.25) is 0 Å². The first-order chi connectivity index (χ1) is 8.52. The van der Waals surface area contributed by atoms with E-state index in [9.17, 15) is 0 Å². The smallest absolute Gasteiger partial charge is 0.170 e. The van der Waals surface area contributed by atoms with Gasteiger partial charge in [0.2, 0.25) is 0 Å². The Morgan fingerprint density at radius 1 is 1.44 bits per heavy atom. The highest BCUT2D eigenvalue weighted by molar-refractivity contribution is 5.97. The third kappa shape index (κ3) is 2.72. The second kappa shape index (κ2) is 4.84. The number of hydrogen-bond acceptors (Lipinski definition) is 4. The molecule has 1 fully saturated rings. The van der Waals surface area contributed by atoms with E-state index in [4.69, 9.17) is 10.9 Å². The van der Waals surface area contributed by atoms with Gasteiger partial charge in [-0.25, -0.2) is 4.98 Å². The fourth-order valence-electron chi connectivity index (χ4n) is 2.15. The molecule has 0 atom stereocenters. The Balaban J connectivity index is 2.15.